The minimum Gasteiger partial charge on any atom is -0.449 e. The summed E-state index contributed by atoms with van der Waals surface area (Å²) in [6.45, 7) is 4.51. The molecular formula is C26H42N4O6. The van der Waals surface area contributed by atoms with Crippen LogP contribution in [0.4, 0.5) is 4.79 Å². The lowest BCUT2D eigenvalue weighted by Gasteiger charge is -2.35. The maximum absolute atomic E-state index is 13.7. The third kappa shape index (κ3) is 7.43. The van der Waals surface area contributed by atoms with Crippen LogP contribution in [-0.2, 0) is 23.9 Å². The van der Waals surface area contributed by atoms with Crippen LogP contribution >= 0.6 is 0 Å². The SMILES string of the molecule is CC(C)COC(=O)N[C@H](C(=O)N1CCCC1C(=O)NC(CC1CCC1)C(=O)C(N)=O)C1CCCCC1. The molecule has 0 aromatic carbocycles. The Morgan fingerprint density at radius 1 is 0.917 bits per heavy atom. The van der Waals surface area contributed by atoms with Gasteiger partial charge < -0.3 is 26.0 Å². The second kappa shape index (κ2) is 13.1. The van der Waals surface area contributed by atoms with Crippen LogP contribution in [0.25, 0.3) is 0 Å². The summed E-state index contributed by atoms with van der Waals surface area (Å²) < 4.78 is 5.28. The molecule has 1 aliphatic heterocycles. The minimum absolute atomic E-state index is 0.0232. The fourth-order valence-electron chi connectivity index (χ4n) is 5.47. The smallest absolute Gasteiger partial charge is 0.407 e. The molecule has 3 rings (SSSR count). The summed E-state index contributed by atoms with van der Waals surface area (Å²) in [6.07, 6.45) is 8.52. The Morgan fingerprint density at radius 3 is 2.19 bits per heavy atom. The second-order valence-corrected chi connectivity index (χ2v) is 11.0. The van der Waals surface area contributed by atoms with Crippen LogP contribution in [0.15, 0.2) is 0 Å². The van der Waals surface area contributed by atoms with Crippen LogP contribution in [0.5, 0.6) is 0 Å². The topological polar surface area (TPSA) is 148 Å². The maximum Gasteiger partial charge on any atom is 0.407 e. The summed E-state index contributed by atoms with van der Waals surface area (Å²) in [4.78, 5) is 65.0. The van der Waals surface area contributed by atoms with Crippen molar-refractivity contribution in [1.82, 2.24) is 15.5 Å². The molecule has 10 heteroatoms. The van der Waals surface area contributed by atoms with Gasteiger partial charge in [-0.25, -0.2) is 4.79 Å². The van der Waals surface area contributed by atoms with E-state index in [0.29, 0.717) is 25.8 Å². The normalized spacial score (nSPS) is 22.4. The van der Waals surface area contributed by atoms with Gasteiger partial charge in [0.2, 0.25) is 17.6 Å². The largest absolute Gasteiger partial charge is 0.449 e. The molecule has 4 N–H and O–H groups in total. The number of ketones is 1. The molecule has 3 fully saturated rings. The van der Waals surface area contributed by atoms with Gasteiger partial charge in [-0.2, -0.15) is 0 Å². The molecule has 3 aliphatic rings. The van der Waals surface area contributed by atoms with E-state index < -0.39 is 41.8 Å². The van der Waals surface area contributed by atoms with Crippen molar-refractivity contribution in [3.8, 4) is 0 Å². The van der Waals surface area contributed by atoms with Crippen molar-refractivity contribution in [3.05, 3.63) is 0 Å². The van der Waals surface area contributed by atoms with Gasteiger partial charge in [0.25, 0.3) is 5.91 Å². The van der Waals surface area contributed by atoms with Crippen LogP contribution in [-0.4, -0.2) is 65.8 Å². The third-order valence-corrected chi connectivity index (χ3v) is 7.72. The van der Waals surface area contributed by atoms with Crippen molar-refractivity contribution in [2.45, 2.75) is 103 Å². The van der Waals surface area contributed by atoms with Crippen molar-refractivity contribution >= 4 is 29.6 Å². The van der Waals surface area contributed by atoms with Gasteiger partial charge in [0.05, 0.1) is 12.6 Å². The van der Waals surface area contributed by atoms with E-state index in [0.717, 1.165) is 51.4 Å². The van der Waals surface area contributed by atoms with Gasteiger partial charge in [-0.15, -0.1) is 0 Å². The molecule has 0 aromatic rings. The van der Waals surface area contributed by atoms with E-state index in [1.54, 1.807) is 0 Å². The maximum atomic E-state index is 13.7. The van der Waals surface area contributed by atoms with Crippen LogP contribution in [0.3, 0.4) is 0 Å². The highest BCUT2D eigenvalue weighted by molar-refractivity contribution is 6.37. The van der Waals surface area contributed by atoms with Crippen molar-refractivity contribution in [2.75, 3.05) is 13.2 Å². The summed E-state index contributed by atoms with van der Waals surface area (Å²) in [5.74, 6) is -2.20. The molecule has 3 atom stereocenters. The van der Waals surface area contributed by atoms with Crippen LogP contribution in [0, 0.1) is 17.8 Å². The number of Topliss-reactive ketones (excluding diaryl/α,β-unsaturated/α-hetero) is 1. The second-order valence-electron chi connectivity index (χ2n) is 11.0. The number of nitrogens with two attached hydrogens (primary N) is 1. The predicted molar refractivity (Wildman–Crippen MR) is 133 cm³/mol. The van der Waals surface area contributed by atoms with Crippen LogP contribution in [0.1, 0.15) is 84.5 Å². The summed E-state index contributed by atoms with van der Waals surface area (Å²) >= 11 is 0. The lowest BCUT2D eigenvalue weighted by Crippen LogP contribution is -2.58. The zero-order valence-corrected chi connectivity index (χ0v) is 21.6. The number of carbonyl (C=O) groups is 5. The molecular weight excluding hydrogens is 464 g/mol. The third-order valence-electron chi connectivity index (χ3n) is 7.72. The van der Waals surface area contributed by atoms with Gasteiger partial charge in [-0.05, 0) is 49.9 Å². The first-order chi connectivity index (χ1) is 17.2. The summed E-state index contributed by atoms with van der Waals surface area (Å²) in [6, 6.07) is -2.51. The lowest BCUT2D eigenvalue weighted by atomic mass is 9.80. The van der Waals surface area contributed by atoms with Crippen molar-refractivity contribution in [1.29, 1.82) is 0 Å². The molecule has 4 amide bonds. The Kier molecular flexibility index (Phi) is 10.1. The number of primary amides is 1. The Morgan fingerprint density at radius 2 is 1.61 bits per heavy atom. The number of carbonyl (C=O) groups excluding carboxylic acids is 5. The molecule has 2 aliphatic carbocycles. The first-order valence-corrected chi connectivity index (χ1v) is 13.5. The molecule has 0 bridgehead atoms. The number of rotatable bonds is 11. The van der Waals surface area contributed by atoms with Gasteiger partial charge >= 0.3 is 6.09 Å². The van der Waals surface area contributed by atoms with Crippen molar-refractivity contribution in [3.63, 3.8) is 0 Å². The highest BCUT2D eigenvalue weighted by Crippen LogP contribution is 2.32. The standard InChI is InChI=1S/C26H42N4O6/c1-16(2)15-36-26(35)29-21(18-10-4-3-5-11-18)25(34)30-13-7-12-20(30)24(33)28-19(22(31)23(27)32)14-17-8-6-9-17/h16-21H,3-15H2,1-2H3,(H2,27,32)(H,28,33)(H,29,35)/t19?,20?,21-/m0/s1. The lowest BCUT2D eigenvalue weighted by molar-refractivity contribution is -0.143. The van der Waals surface area contributed by atoms with Gasteiger partial charge in [0.1, 0.15) is 12.1 Å². The van der Waals surface area contributed by atoms with E-state index in [9.17, 15) is 24.0 Å². The molecule has 0 aromatic heterocycles. The van der Waals surface area contributed by atoms with E-state index in [-0.39, 0.29) is 30.3 Å². The molecule has 202 valence electrons. The average Bonchev–Trinajstić information content (AvgIpc) is 3.32. The molecule has 0 spiro atoms. The Balaban J connectivity index is 1.70. The number of amides is 4. The fourth-order valence-corrected chi connectivity index (χ4v) is 5.47. The number of hydrogen-bond acceptors (Lipinski definition) is 6. The van der Waals surface area contributed by atoms with Crippen LogP contribution in [0.2, 0.25) is 0 Å². The monoisotopic (exact) mass is 506 g/mol. The van der Waals surface area contributed by atoms with Crippen LogP contribution < -0.4 is 16.4 Å². The Hall–Kier alpha value is -2.65. The van der Waals surface area contributed by atoms with Gasteiger partial charge in [0.15, 0.2) is 0 Å². The quantitative estimate of drug-likeness (QED) is 0.365. The summed E-state index contributed by atoms with van der Waals surface area (Å²) in [5, 5.41) is 5.51. The van der Waals surface area contributed by atoms with Crippen molar-refractivity contribution < 1.29 is 28.7 Å². The summed E-state index contributed by atoms with van der Waals surface area (Å²) in [5.41, 5.74) is 5.23. The Bertz CT molecular complexity index is 821. The minimum atomic E-state index is -1.07. The number of nitrogens with zero attached hydrogens (tertiary/aromatic N) is 1. The van der Waals surface area contributed by atoms with Crippen molar-refractivity contribution in [2.24, 2.45) is 23.5 Å². The first-order valence-electron chi connectivity index (χ1n) is 13.5. The molecule has 2 unspecified atom stereocenters. The zero-order chi connectivity index (χ0) is 26.2. The van der Waals surface area contributed by atoms with E-state index in [2.05, 4.69) is 10.6 Å². The molecule has 36 heavy (non-hydrogen) atoms. The molecule has 2 saturated carbocycles. The number of alkyl carbamates (subject to hydrolysis) is 1. The number of nitrogens with one attached hydrogen (secondary N) is 2. The molecule has 1 heterocycles. The molecule has 10 nitrogen and oxygen atoms in total. The van der Waals surface area contributed by atoms with E-state index >= 15 is 0 Å². The highest BCUT2D eigenvalue weighted by atomic mass is 16.5. The van der Waals surface area contributed by atoms with Gasteiger partial charge in [-0.3, -0.25) is 19.2 Å². The van der Waals surface area contributed by atoms with E-state index in [1.807, 2.05) is 13.8 Å². The number of hydrogen-bond donors (Lipinski definition) is 3. The van der Waals surface area contributed by atoms with E-state index in [1.165, 1.54) is 4.90 Å². The van der Waals surface area contributed by atoms with Gasteiger partial charge in [-0.1, -0.05) is 52.4 Å². The zero-order valence-electron chi connectivity index (χ0n) is 21.6. The predicted octanol–water partition coefficient (Wildman–Crippen LogP) is 2.04. The highest BCUT2D eigenvalue weighted by Gasteiger charge is 2.42. The number of ether oxygens (including phenoxy) is 1. The average molecular weight is 507 g/mol. The number of likely N-dealkylation sites (tertiary alicyclic amines) is 1. The summed E-state index contributed by atoms with van der Waals surface area (Å²) in [7, 11) is 0. The van der Waals surface area contributed by atoms with E-state index in [4.69, 9.17) is 10.5 Å². The Labute approximate surface area is 213 Å². The first kappa shape index (κ1) is 27.9. The molecule has 0 radical (unpaired) electrons. The fraction of sp³-hybridized carbons (Fsp3) is 0.808. The van der Waals surface area contributed by atoms with Gasteiger partial charge in [0, 0.05) is 6.54 Å². The molecule has 1 saturated heterocycles.